The van der Waals surface area contributed by atoms with Gasteiger partial charge in [0.15, 0.2) is 0 Å². The van der Waals surface area contributed by atoms with Gasteiger partial charge in [0, 0.05) is 0 Å². The molecule has 0 aromatic rings. The van der Waals surface area contributed by atoms with Crippen LogP contribution in [0.1, 0.15) is 46.0 Å². The highest BCUT2D eigenvalue weighted by atomic mass is 35.5. The molecule has 0 amide bonds. The van der Waals surface area contributed by atoms with E-state index in [2.05, 4.69) is 0 Å². The molecule has 14 heavy (non-hydrogen) atoms. The third-order valence-corrected chi connectivity index (χ3v) is 2.35. The Balaban J connectivity index is 0.00000169. The van der Waals surface area contributed by atoms with Crippen LogP contribution in [0.25, 0.3) is 0 Å². The molecule has 84 valence electrons. The first-order valence-corrected chi connectivity index (χ1v) is 5.00. The van der Waals surface area contributed by atoms with Gasteiger partial charge in [-0.3, -0.25) is 4.79 Å². The van der Waals surface area contributed by atoms with Crippen molar-refractivity contribution in [2.45, 2.75) is 57.6 Å². The van der Waals surface area contributed by atoms with Crippen molar-refractivity contribution in [2.75, 3.05) is 0 Å². The van der Waals surface area contributed by atoms with Crippen LogP contribution in [-0.4, -0.2) is 17.6 Å². The molecule has 1 rings (SSSR count). The maximum Gasteiger partial charge on any atom is 0.325 e. The summed E-state index contributed by atoms with van der Waals surface area (Å²) in [5, 5.41) is 0. The minimum Gasteiger partial charge on any atom is -0.461 e. The number of carbonyl (C=O) groups excluding carboxylic acids is 1. The Kier molecular flexibility index (Phi) is 5.45. The van der Waals surface area contributed by atoms with Crippen molar-refractivity contribution in [3.05, 3.63) is 0 Å². The van der Waals surface area contributed by atoms with E-state index < -0.39 is 5.54 Å². The SMILES string of the molecule is CC(C)(N)C(=O)OC1CCCCC1.Cl. The summed E-state index contributed by atoms with van der Waals surface area (Å²) in [6.07, 6.45) is 5.72. The fraction of sp³-hybridized carbons (Fsp3) is 0.900. The van der Waals surface area contributed by atoms with E-state index in [1.165, 1.54) is 19.3 Å². The largest absolute Gasteiger partial charge is 0.461 e. The molecule has 4 heteroatoms. The molecule has 0 radical (unpaired) electrons. The molecule has 0 atom stereocenters. The molecule has 2 N–H and O–H groups in total. The van der Waals surface area contributed by atoms with Crippen molar-refractivity contribution < 1.29 is 9.53 Å². The van der Waals surface area contributed by atoms with Gasteiger partial charge in [-0.05, 0) is 39.5 Å². The fourth-order valence-corrected chi connectivity index (χ4v) is 1.49. The maximum absolute atomic E-state index is 11.4. The number of esters is 1. The fourth-order valence-electron chi connectivity index (χ4n) is 1.49. The topological polar surface area (TPSA) is 52.3 Å². The molecule has 0 heterocycles. The van der Waals surface area contributed by atoms with Gasteiger partial charge in [-0.25, -0.2) is 0 Å². The second kappa shape index (κ2) is 5.56. The lowest BCUT2D eigenvalue weighted by Gasteiger charge is -2.25. The second-order valence-corrected chi connectivity index (χ2v) is 4.39. The van der Waals surface area contributed by atoms with Crippen molar-refractivity contribution >= 4 is 18.4 Å². The van der Waals surface area contributed by atoms with Gasteiger partial charge in [0.05, 0.1) is 0 Å². The Bertz CT molecular complexity index is 183. The number of carbonyl (C=O) groups is 1. The smallest absolute Gasteiger partial charge is 0.325 e. The van der Waals surface area contributed by atoms with Crippen LogP contribution in [0.15, 0.2) is 0 Å². The second-order valence-electron chi connectivity index (χ2n) is 4.39. The van der Waals surface area contributed by atoms with Crippen LogP contribution in [0.3, 0.4) is 0 Å². The Morgan fingerprint density at radius 3 is 2.21 bits per heavy atom. The van der Waals surface area contributed by atoms with E-state index in [1.54, 1.807) is 13.8 Å². The minimum absolute atomic E-state index is 0. The molecule has 1 aliphatic carbocycles. The van der Waals surface area contributed by atoms with E-state index in [0.717, 1.165) is 12.8 Å². The van der Waals surface area contributed by atoms with E-state index in [0.29, 0.717) is 0 Å². The van der Waals surface area contributed by atoms with Crippen molar-refractivity contribution in [3.63, 3.8) is 0 Å². The molecular formula is C10H20ClNO2. The number of rotatable bonds is 2. The summed E-state index contributed by atoms with van der Waals surface area (Å²) in [7, 11) is 0. The lowest BCUT2D eigenvalue weighted by molar-refractivity contribution is -0.155. The third kappa shape index (κ3) is 4.29. The number of halogens is 1. The van der Waals surface area contributed by atoms with E-state index in [9.17, 15) is 4.79 Å². The quantitative estimate of drug-likeness (QED) is 0.726. The Morgan fingerprint density at radius 2 is 1.79 bits per heavy atom. The summed E-state index contributed by atoms with van der Waals surface area (Å²) in [5.41, 5.74) is 4.77. The first-order valence-electron chi connectivity index (χ1n) is 5.00. The number of nitrogens with two attached hydrogens (primary N) is 1. The molecular weight excluding hydrogens is 202 g/mol. The zero-order chi connectivity index (χ0) is 9.90. The molecule has 0 saturated heterocycles. The molecule has 0 unspecified atom stereocenters. The van der Waals surface area contributed by atoms with Crippen LogP contribution >= 0.6 is 12.4 Å². The van der Waals surface area contributed by atoms with Crippen LogP contribution in [-0.2, 0) is 9.53 Å². The van der Waals surface area contributed by atoms with Crippen LogP contribution < -0.4 is 5.73 Å². The molecule has 0 spiro atoms. The van der Waals surface area contributed by atoms with Gasteiger partial charge < -0.3 is 10.5 Å². The molecule has 0 aromatic heterocycles. The highest BCUT2D eigenvalue weighted by molar-refractivity contribution is 5.85. The highest BCUT2D eigenvalue weighted by Crippen LogP contribution is 2.21. The van der Waals surface area contributed by atoms with Gasteiger partial charge in [-0.1, -0.05) is 6.42 Å². The van der Waals surface area contributed by atoms with Gasteiger partial charge >= 0.3 is 5.97 Å². The number of hydrogen-bond donors (Lipinski definition) is 1. The third-order valence-electron chi connectivity index (χ3n) is 2.35. The Morgan fingerprint density at radius 1 is 1.29 bits per heavy atom. The summed E-state index contributed by atoms with van der Waals surface area (Å²) < 4.78 is 5.29. The van der Waals surface area contributed by atoms with Crippen molar-refractivity contribution in [1.82, 2.24) is 0 Å². The first-order chi connectivity index (χ1) is 6.00. The van der Waals surface area contributed by atoms with Crippen molar-refractivity contribution in [3.8, 4) is 0 Å². The molecule has 1 saturated carbocycles. The van der Waals surface area contributed by atoms with Crippen LogP contribution in [0.2, 0.25) is 0 Å². The normalized spacial score (nSPS) is 18.5. The summed E-state index contributed by atoms with van der Waals surface area (Å²) in [6.45, 7) is 3.36. The van der Waals surface area contributed by atoms with Crippen molar-refractivity contribution in [2.24, 2.45) is 5.73 Å². The summed E-state index contributed by atoms with van der Waals surface area (Å²) in [6, 6.07) is 0. The molecule has 1 aliphatic rings. The Labute approximate surface area is 91.8 Å². The zero-order valence-electron chi connectivity index (χ0n) is 8.91. The summed E-state index contributed by atoms with van der Waals surface area (Å²) >= 11 is 0. The number of ether oxygens (including phenoxy) is 1. The van der Waals surface area contributed by atoms with Gasteiger partial charge in [0.25, 0.3) is 0 Å². The molecule has 0 aliphatic heterocycles. The lowest BCUT2D eigenvalue weighted by Crippen LogP contribution is -2.44. The Hall–Kier alpha value is -0.280. The highest BCUT2D eigenvalue weighted by Gasteiger charge is 2.27. The molecule has 1 fully saturated rings. The monoisotopic (exact) mass is 221 g/mol. The molecule has 3 nitrogen and oxygen atoms in total. The maximum atomic E-state index is 11.4. The predicted octanol–water partition coefficient (Wildman–Crippen LogP) is 2.02. The van der Waals surface area contributed by atoms with Crippen LogP contribution in [0.5, 0.6) is 0 Å². The van der Waals surface area contributed by atoms with Gasteiger partial charge in [-0.2, -0.15) is 0 Å². The average molecular weight is 222 g/mol. The molecule has 0 bridgehead atoms. The van der Waals surface area contributed by atoms with E-state index in [-0.39, 0.29) is 24.5 Å². The molecule has 0 aromatic carbocycles. The average Bonchev–Trinajstić information content (AvgIpc) is 2.04. The van der Waals surface area contributed by atoms with Crippen LogP contribution in [0.4, 0.5) is 0 Å². The number of hydrogen-bond acceptors (Lipinski definition) is 3. The van der Waals surface area contributed by atoms with E-state index in [4.69, 9.17) is 10.5 Å². The van der Waals surface area contributed by atoms with Gasteiger partial charge in [0.2, 0.25) is 0 Å². The minimum atomic E-state index is -0.850. The zero-order valence-corrected chi connectivity index (χ0v) is 9.73. The van der Waals surface area contributed by atoms with Crippen LogP contribution in [0, 0.1) is 0 Å². The standard InChI is InChI=1S/C10H19NO2.ClH/c1-10(2,11)9(12)13-8-6-4-3-5-7-8;/h8H,3-7,11H2,1-2H3;1H. The van der Waals surface area contributed by atoms with E-state index in [1.807, 2.05) is 0 Å². The van der Waals surface area contributed by atoms with E-state index >= 15 is 0 Å². The lowest BCUT2D eigenvalue weighted by atomic mass is 9.97. The first kappa shape index (κ1) is 13.7. The van der Waals surface area contributed by atoms with Gasteiger partial charge in [0.1, 0.15) is 11.6 Å². The predicted molar refractivity (Wildman–Crippen MR) is 58.5 cm³/mol. The van der Waals surface area contributed by atoms with Crippen molar-refractivity contribution in [1.29, 1.82) is 0 Å². The summed E-state index contributed by atoms with van der Waals surface area (Å²) in [5.74, 6) is -0.278. The summed E-state index contributed by atoms with van der Waals surface area (Å²) in [4.78, 5) is 11.4. The van der Waals surface area contributed by atoms with Gasteiger partial charge in [-0.15, -0.1) is 12.4 Å².